The molecule has 11 heteroatoms. The van der Waals surface area contributed by atoms with E-state index in [0.717, 1.165) is 43.1 Å². The van der Waals surface area contributed by atoms with Gasteiger partial charge in [-0.15, -0.1) is 0 Å². The van der Waals surface area contributed by atoms with E-state index in [4.69, 9.17) is 4.74 Å². The smallest absolute Gasteiger partial charge is 0.416 e. The molecule has 2 aromatic carbocycles. The molecule has 0 radical (unpaired) electrons. The van der Waals surface area contributed by atoms with Crippen molar-refractivity contribution in [3.63, 3.8) is 0 Å². The zero-order chi connectivity index (χ0) is 28.3. The fourth-order valence-corrected chi connectivity index (χ4v) is 7.74. The lowest BCUT2D eigenvalue weighted by Gasteiger charge is -2.29. The van der Waals surface area contributed by atoms with Gasteiger partial charge in [0.15, 0.2) is 0 Å². The molecule has 0 bridgehead atoms. The molecule has 2 aromatic rings. The Morgan fingerprint density at radius 1 is 0.975 bits per heavy atom. The van der Waals surface area contributed by atoms with Crippen LogP contribution in [0.2, 0.25) is 0 Å². The number of hydrogen-bond donors (Lipinski definition) is 1. The lowest BCUT2D eigenvalue weighted by Crippen LogP contribution is -2.40. The van der Waals surface area contributed by atoms with Gasteiger partial charge in [-0.2, -0.15) is 17.5 Å². The summed E-state index contributed by atoms with van der Waals surface area (Å²) in [7, 11) is -4.19. The summed E-state index contributed by atoms with van der Waals surface area (Å²) < 4.78 is 73.2. The van der Waals surface area contributed by atoms with E-state index in [1.54, 1.807) is 0 Å². The Hall–Kier alpha value is -2.63. The van der Waals surface area contributed by atoms with Gasteiger partial charge in [-0.05, 0) is 68.6 Å². The number of rotatable bonds is 7. The fourth-order valence-electron chi connectivity index (χ4n) is 6.00. The van der Waals surface area contributed by atoms with Crippen molar-refractivity contribution >= 4 is 15.9 Å². The van der Waals surface area contributed by atoms with Gasteiger partial charge < -0.3 is 10.1 Å². The molecule has 1 unspecified atom stereocenters. The molecule has 40 heavy (non-hydrogen) atoms. The summed E-state index contributed by atoms with van der Waals surface area (Å²) in [5, 5.41) is 3.05. The monoisotopic (exact) mass is 579 g/mol. The van der Waals surface area contributed by atoms with Crippen LogP contribution in [0.15, 0.2) is 47.4 Å². The van der Waals surface area contributed by atoms with E-state index in [9.17, 15) is 26.4 Å². The van der Waals surface area contributed by atoms with E-state index in [-0.39, 0.29) is 24.9 Å². The number of sulfonamides is 1. The highest BCUT2D eigenvalue weighted by Crippen LogP contribution is 2.35. The van der Waals surface area contributed by atoms with Crippen LogP contribution in [0.1, 0.15) is 74.1 Å². The van der Waals surface area contributed by atoms with E-state index in [2.05, 4.69) is 22.3 Å². The third kappa shape index (κ3) is 6.63. The highest BCUT2D eigenvalue weighted by atomic mass is 32.2. The van der Waals surface area contributed by atoms with Gasteiger partial charge in [0.2, 0.25) is 15.9 Å². The molecule has 3 aliphatic rings. The van der Waals surface area contributed by atoms with E-state index in [0.29, 0.717) is 31.9 Å². The molecule has 2 saturated heterocycles. The molecule has 218 valence electrons. The SMILES string of the molecule is O=C(CC1CCCN1S(=O)(=O)c1cccc(C(F)(F)F)c1)N[C@@H]1CCOc2cc(CN3CCCCCC3)ccc21. The van der Waals surface area contributed by atoms with Crippen molar-refractivity contribution in [3.05, 3.63) is 59.2 Å². The van der Waals surface area contributed by atoms with Crippen LogP contribution in [-0.2, 0) is 27.5 Å². The number of amides is 1. The van der Waals surface area contributed by atoms with Crippen molar-refractivity contribution < 1.29 is 31.1 Å². The first-order valence-electron chi connectivity index (χ1n) is 14.1. The number of halogens is 3. The lowest BCUT2D eigenvalue weighted by molar-refractivity contribution is -0.137. The van der Waals surface area contributed by atoms with Gasteiger partial charge >= 0.3 is 6.18 Å². The van der Waals surface area contributed by atoms with Gasteiger partial charge in [-0.1, -0.05) is 31.0 Å². The quantitative estimate of drug-likeness (QED) is 0.484. The van der Waals surface area contributed by atoms with Crippen molar-refractivity contribution in [3.8, 4) is 5.75 Å². The summed E-state index contributed by atoms with van der Waals surface area (Å²) in [6, 6.07) is 9.04. The maximum atomic E-state index is 13.3. The van der Waals surface area contributed by atoms with Gasteiger partial charge in [0.1, 0.15) is 5.75 Å². The molecular formula is C29H36F3N3O4S. The lowest BCUT2D eigenvalue weighted by atomic mass is 9.98. The van der Waals surface area contributed by atoms with Crippen LogP contribution in [0.5, 0.6) is 5.75 Å². The Morgan fingerprint density at radius 2 is 1.75 bits per heavy atom. The third-order valence-electron chi connectivity index (χ3n) is 8.07. The number of fused-ring (bicyclic) bond motifs is 1. The predicted octanol–water partition coefficient (Wildman–Crippen LogP) is 5.26. The van der Waals surface area contributed by atoms with E-state index >= 15 is 0 Å². The normalized spacial score (nSPS) is 22.8. The van der Waals surface area contributed by atoms with Crippen LogP contribution < -0.4 is 10.1 Å². The van der Waals surface area contributed by atoms with Crippen LogP contribution in [0.3, 0.4) is 0 Å². The minimum absolute atomic E-state index is 0.0576. The van der Waals surface area contributed by atoms with Gasteiger partial charge in [0.05, 0.1) is 23.1 Å². The summed E-state index contributed by atoms with van der Waals surface area (Å²) in [6.07, 6.45) is 1.89. The number of benzene rings is 2. The third-order valence-corrected chi connectivity index (χ3v) is 10.0. The molecule has 2 atom stereocenters. The molecule has 0 spiro atoms. The number of nitrogens with zero attached hydrogens (tertiary/aromatic N) is 2. The maximum Gasteiger partial charge on any atom is 0.416 e. The number of ether oxygens (including phenoxy) is 1. The van der Waals surface area contributed by atoms with Crippen LogP contribution in [0.25, 0.3) is 0 Å². The Balaban J connectivity index is 1.23. The van der Waals surface area contributed by atoms with Crippen molar-refractivity contribution in [2.45, 2.75) is 81.1 Å². The van der Waals surface area contributed by atoms with E-state index < -0.39 is 32.7 Å². The van der Waals surface area contributed by atoms with E-state index in [1.807, 2.05) is 6.07 Å². The number of nitrogens with one attached hydrogen (secondary N) is 1. The average molecular weight is 580 g/mol. The summed E-state index contributed by atoms with van der Waals surface area (Å²) in [5.41, 5.74) is 1.06. The summed E-state index contributed by atoms with van der Waals surface area (Å²) in [5.74, 6) is 0.473. The fraction of sp³-hybridized carbons (Fsp3) is 0.552. The minimum atomic E-state index is -4.65. The molecule has 5 rings (SSSR count). The van der Waals surface area contributed by atoms with Crippen molar-refractivity contribution in [2.75, 3.05) is 26.2 Å². The second-order valence-electron chi connectivity index (χ2n) is 11.0. The minimum Gasteiger partial charge on any atom is -0.493 e. The largest absolute Gasteiger partial charge is 0.493 e. The standard InChI is InChI=1S/C29H36F3N3O4S/c30-29(31,32)22-7-5-9-24(18-22)40(37,38)35-15-6-8-23(35)19-28(36)33-26-12-16-39-27-17-21(10-11-25(26)27)20-34-13-3-1-2-4-14-34/h5,7,9-11,17-18,23,26H,1-4,6,8,12-16,19-20H2,(H,33,36)/t23?,26-/m1/s1. The molecule has 2 fully saturated rings. The van der Waals surface area contributed by atoms with E-state index in [1.165, 1.54) is 41.6 Å². The van der Waals surface area contributed by atoms with Gasteiger partial charge in [-0.3, -0.25) is 9.69 Å². The molecule has 0 aliphatic carbocycles. The van der Waals surface area contributed by atoms with Crippen molar-refractivity contribution in [1.82, 2.24) is 14.5 Å². The molecule has 0 saturated carbocycles. The summed E-state index contributed by atoms with van der Waals surface area (Å²) in [6.45, 7) is 3.68. The zero-order valence-electron chi connectivity index (χ0n) is 22.5. The van der Waals surface area contributed by atoms with Crippen LogP contribution >= 0.6 is 0 Å². The Kier molecular flexibility index (Phi) is 8.72. The Morgan fingerprint density at radius 3 is 2.50 bits per heavy atom. The maximum absolute atomic E-state index is 13.3. The molecule has 7 nitrogen and oxygen atoms in total. The molecule has 3 heterocycles. The molecular weight excluding hydrogens is 543 g/mol. The van der Waals surface area contributed by atoms with Crippen molar-refractivity contribution in [1.29, 1.82) is 0 Å². The first-order valence-corrected chi connectivity index (χ1v) is 15.5. The summed E-state index contributed by atoms with van der Waals surface area (Å²) in [4.78, 5) is 15.2. The predicted molar refractivity (Wildman–Crippen MR) is 144 cm³/mol. The second kappa shape index (κ2) is 12.1. The van der Waals surface area contributed by atoms with Crippen LogP contribution in [-0.4, -0.2) is 55.8 Å². The number of carbonyl (C=O) groups is 1. The molecule has 3 aliphatic heterocycles. The Labute approximate surface area is 233 Å². The van der Waals surface area contributed by atoms with Crippen LogP contribution in [0.4, 0.5) is 13.2 Å². The van der Waals surface area contributed by atoms with Gasteiger partial charge in [0.25, 0.3) is 0 Å². The summed E-state index contributed by atoms with van der Waals surface area (Å²) >= 11 is 0. The first kappa shape index (κ1) is 28.9. The average Bonchev–Trinajstić information content (AvgIpc) is 3.24. The number of alkyl halides is 3. The molecule has 0 aromatic heterocycles. The van der Waals surface area contributed by atoms with Crippen LogP contribution in [0, 0.1) is 0 Å². The highest BCUT2D eigenvalue weighted by molar-refractivity contribution is 7.89. The van der Waals surface area contributed by atoms with Crippen molar-refractivity contribution in [2.24, 2.45) is 0 Å². The zero-order valence-corrected chi connectivity index (χ0v) is 23.3. The number of carbonyl (C=O) groups excluding carboxylic acids is 1. The molecule has 1 N–H and O–H groups in total. The second-order valence-corrected chi connectivity index (χ2v) is 12.9. The van der Waals surface area contributed by atoms with Gasteiger partial charge in [-0.25, -0.2) is 8.42 Å². The van der Waals surface area contributed by atoms with Gasteiger partial charge in [0, 0.05) is 37.5 Å². The number of likely N-dealkylation sites (tertiary alicyclic amines) is 1. The first-order chi connectivity index (χ1) is 19.1. The number of hydrogen-bond acceptors (Lipinski definition) is 5. The topological polar surface area (TPSA) is 79.0 Å². The highest BCUT2D eigenvalue weighted by Gasteiger charge is 2.38. The Bertz CT molecular complexity index is 1310. The molecule has 1 amide bonds.